The molecule has 0 fully saturated rings. The van der Waals surface area contributed by atoms with Crippen LogP contribution in [0.4, 0.5) is 11.4 Å². The molecule has 0 aliphatic carbocycles. The van der Waals surface area contributed by atoms with Gasteiger partial charge in [0, 0.05) is 12.2 Å². The maximum Gasteiger partial charge on any atom is 0.337 e. The van der Waals surface area contributed by atoms with Crippen LogP contribution < -0.4 is 11.1 Å². The van der Waals surface area contributed by atoms with Crippen molar-refractivity contribution >= 4 is 17.3 Å². The molecular weight excluding hydrogens is 254 g/mol. The van der Waals surface area contributed by atoms with Gasteiger partial charge in [-0.25, -0.2) is 4.79 Å². The fourth-order valence-electron chi connectivity index (χ4n) is 1.84. The number of anilines is 2. The molecule has 0 amide bonds. The fraction of sp³-hybridized carbons (Fsp3) is 0.0667. The molecule has 2 rings (SSSR count). The molecule has 2 aromatic rings. The lowest BCUT2D eigenvalue weighted by Crippen LogP contribution is -2.07. The van der Waals surface area contributed by atoms with E-state index >= 15 is 0 Å². The number of nitrogen functional groups attached to an aromatic ring is 1. The zero-order valence-electron chi connectivity index (χ0n) is 10.6. The fourth-order valence-corrected chi connectivity index (χ4v) is 1.84. The van der Waals surface area contributed by atoms with Gasteiger partial charge in [-0.2, -0.15) is 5.26 Å². The average Bonchev–Trinajstić information content (AvgIpc) is 2.45. The molecule has 0 aliphatic rings. The molecule has 0 saturated carbocycles. The van der Waals surface area contributed by atoms with E-state index in [1.165, 1.54) is 6.07 Å². The van der Waals surface area contributed by atoms with Crippen molar-refractivity contribution in [3.63, 3.8) is 0 Å². The van der Waals surface area contributed by atoms with Crippen LogP contribution in [-0.4, -0.2) is 11.1 Å². The molecule has 0 aliphatic heterocycles. The van der Waals surface area contributed by atoms with Crippen LogP contribution in [0.1, 0.15) is 21.5 Å². The summed E-state index contributed by atoms with van der Waals surface area (Å²) < 4.78 is 0. The summed E-state index contributed by atoms with van der Waals surface area (Å²) in [6.07, 6.45) is 0. The molecule has 0 saturated heterocycles. The Morgan fingerprint density at radius 2 is 2.10 bits per heavy atom. The van der Waals surface area contributed by atoms with Gasteiger partial charge in [-0.1, -0.05) is 12.1 Å². The van der Waals surface area contributed by atoms with Crippen molar-refractivity contribution in [3.05, 3.63) is 59.2 Å². The molecule has 20 heavy (non-hydrogen) atoms. The normalized spacial score (nSPS) is 9.75. The Bertz CT molecular complexity index is 690. The minimum Gasteiger partial charge on any atom is -0.478 e. The Morgan fingerprint density at radius 3 is 2.80 bits per heavy atom. The summed E-state index contributed by atoms with van der Waals surface area (Å²) in [5.41, 5.74) is 8.23. The van der Waals surface area contributed by atoms with E-state index < -0.39 is 5.97 Å². The smallest absolute Gasteiger partial charge is 0.337 e. The van der Waals surface area contributed by atoms with Gasteiger partial charge >= 0.3 is 5.97 Å². The number of carbonyl (C=O) groups is 1. The maximum atomic E-state index is 11.1. The van der Waals surface area contributed by atoms with Gasteiger partial charge in [0.15, 0.2) is 0 Å². The Kier molecular flexibility index (Phi) is 3.87. The largest absolute Gasteiger partial charge is 0.478 e. The Morgan fingerprint density at radius 1 is 1.30 bits per heavy atom. The molecule has 5 heteroatoms. The minimum absolute atomic E-state index is 0.163. The third-order valence-corrected chi connectivity index (χ3v) is 2.81. The molecule has 100 valence electrons. The van der Waals surface area contributed by atoms with Crippen LogP contribution in [0.15, 0.2) is 42.5 Å². The number of carboxylic acids is 1. The van der Waals surface area contributed by atoms with Crippen molar-refractivity contribution in [2.45, 2.75) is 6.54 Å². The molecule has 0 spiro atoms. The molecule has 0 bridgehead atoms. The topological polar surface area (TPSA) is 99.1 Å². The molecule has 0 aromatic heterocycles. The molecule has 0 atom stereocenters. The van der Waals surface area contributed by atoms with Crippen molar-refractivity contribution in [1.29, 1.82) is 5.26 Å². The van der Waals surface area contributed by atoms with E-state index in [9.17, 15) is 4.79 Å². The summed E-state index contributed by atoms with van der Waals surface area (Å²) in [4.78, 5) is 11.1. The van der Waals surface area contributed by atoms with Crippen molar-refractivity contribution in [3.8, 4) is 6.07 Å². The first kappa shape index (κ1) is 13.4. The highest BCUT2D eigenvalue weighted by Crippen LogP contribution is 2.20. The monoisotopic (exact) mass is 267 g/mol. The maximum absolute atomic E-state index is 11.1. The first-order chi connectivity index (χ1) is 9.60. The van der Waals surface area contributed by atoms with Gasteiger partial charge in [-0.15, -0.1) is 0 Å². The number of nitrogens with zero attached hydrogens (tertiary/aromatic N) is 1. The predicted octanol–water partition coefficient (Wildman–Crippen LogP) is 2.45. The lowest BCUT2D eigenvalue weighted by Gasteiger charge is -2.10. The molecular formula is C15H13N3O2. The third-order valence-electron chi connectivity index (χ3n) is 2.81. The molecule has 0 unspecified atom stereocenters. The number of hydrogen-bond acceptors (Lipinski definition) is 4. The summed E-state index contributed by atoms with van der Waals surface area (Å²) in [7, 11) is 0. The number of hydrogen-bond donors (Lipinski definition) is 3. The van der Waals surface area contributed by atoms with Crippen LogP contribution in [0.5, 0.6) is 0 Å². The van der Waals surface area contributed by atoms with E-state index in [1.54, 1.807) is 30.3 Å². The van der Waals surface area contributed by atoms with Crippen LogP contribution in [0.2, 0.25) is 0 Å². The van der Waals surface area contributed by atoms with E-state index in [2.05, 4.69) is 11.4 Å². The second-order valence-corrected chi connectivity index (χ2v) is 4.28. The summed E-state index contributed by atoms with van der Waals surface area (Å²) in [6.45, 7) is 0.416. The van der Waals surface area contributed by atoms with Crippen LogP contribution in [-0.2, 0) is 6.54 Å². The zero-order valence-corrected chi connectivity index (χ0v) is 10.6. The number of benzene rings is 2. The second-order valence-electron chi connectivity index (χ2n) is 4.28. The van der Waals surface area contributed by atoms with Gasteiger partial charge in [-0.05, 0) is 35.9 Å². The average molecular weight is 267 g/mol. The Labute approximate surface area is 116 Å². The van der Waals surface area contributed by atoms with Crippen LogP contribution >= 0.6 is 0 Å². The van der Waals surface area contributed by atoms with E-state index in [-0.39, 0.29) is 5.56 Å². The Balaban J connectivity index is 2.20. The summed E-state index contributed by atoms with van der Waals surface area (Å²) in [5, 5.41) is 21.0. The molecule has 2 aromatic carbocycles. The quantitative estimate of drug-likeness (QED) is 0.739. The third kappa shape index (κ3) is 3.06. The Hall–Kier alpha value is -3.00. The van der Waals surface area contributed by atoms with Crippen molar-refractivity contribution in [2.24, 2.45) is 0 Å². The molecule has 5 nitrogen and oxygen atoms in total. The minimum atomic E-state index is -1.02. The van der Waals surface area contributed by atoms with Gasteiger partial charge in [0.2, 0.25) is 0 Å². The van der Waals surface area contributed by atoms with Gasteiger partial charge in [0.1, 0.15) is 0 Å². The van der Waals surface area contributed by atoms with Crippen molar-refractivity contribution in [2.75, 3.05) is 11.1 Å². The lowest BCUT2D eigenvalue weighted by molar-refractivity contribution is 0.0698. The molecule has 4 N–H and O–H groups in total. The first-order valence-corrected chi connectivity index (χ1v) is 5.96. The number of nitriles is 1. The van der Waals surface area contributed by atoms with Crippen LogP contribution in [0, 0.1) is 11.3 Å². The highest BCUT2D eigenvalue weighted by molar-refractivity contribution is 5.95. The number of nitrogens with one attached hydrogen (secondary N) is 1. The van der Waals surface area contributed by atoms with E-state index in [4.69, 9.17) is 16.1 Å². The van der Waals surface area contributed by atoms with Crippen molar-refractivity contribution in [1.82, 2.24) is 0 Å². The van der Waals surface area contributed by atoms with E-state index in [0.29, 0.717) is 23.5 Å². The summed E-state index contributed by atoms with van der Waals surface area (Å²) in [5.74, 6) is -1.02. The number of aromatic carboxylic acids is 1. The number of rotatable bonds is 4. The zero-order chi connectivity index (χ0) is 14.5. The SMILES string of the molecule is N#Cc1cccc(CNc2cc(N)ccc2C(=O)O)c1. The lowest BCUT2D eigenvalue weighted by atomic mass is 10.1. The van der Waals surface area contributed by atoms with Crippen molar-refractivity contribution < 1.29 is 9.90 Å². The van der Waals surface area contributed by atoms with Crippen LogP contribution in [0.3, 0.4) is 0 Å². The van der Waals surface area contributed by atoms with Gasteiger partial charge in [0.05, 0.1) is 22.9 Å². The van der Waals surface area contributed by atoms with E-state index in [0.717, 1.165) is 5.56 Å². The van der Waals surface area contributed by atoms with Gasteiger partial charge < -0.3 is 16.2 Å². The van der Waals surface area contributed by atoms with Gasteiger partial charge in [-0.3, -0.25) is 0 Å². The highest BCUT2D eigenvalue weighted by atomic mass is 16.4. The number of nitrogens with two attached hydrogens (primary N) is 1. The van der Waals surface area contributed by atoms with E-state index in [1.807, 2.05) is 6.07 Å². The second kappa shape index (κ2) is 5.76. The summed E-state index contributed by atoms with van der Waals surface area (Å²) in [6, 6.07) is 13.8. The summed E-state index contributed by atoms with van der Waals surface area (Å²) >= 11 is 0. The predicted molar refractivity (Wildman–Crippen MR) is 76.3 cm³/mol. The van der Waals surface area contributed by atoms with Crippen LogP contribution in [0.25, 0.3) is 0 Å². The number of carboxylic acid groups (broad SMARTS) is 1. The molecule has 0 heterocycles. The van der Waals surface area contributed by atoms with Gasteiger partial charge in [0.25, 0.3) is 0 Å². The molecule has 0 radical (unpaired) electrons. The highest BCUT2D eigenvalue weighted by Gasteiger charge is 2.09. The first-order valence-electron chi connectivity index (χ1n) is 5.96. The standard InChI is InChI=1S/C15H13N3O2/c16-8-10-2-1-3-11(6-10)9-18-14-7-12(17)4-5-13(14)15(19)20/h1-7,18H,9,17H2,(H,19,20).